The largest absolute Gasteiger partial charge is 0.481 e. The predicted octanol–water partition coefficient (Wildman–Crippen LogP) is -0.662. The van der Waals surface area contributed by atoms with Crippen LogP contribution in [0.25, 0.3) is 0 Å². The normalized spacial score (nSPS) is 22.0. The second-order valence-corrected chi connectivity index (χ2v) is 6.23. The molecule has 1 fully saturated rings. The zero-order valence-electron chi connectivity index (χ0n) is 9.31. The molecule has 1 rings (SSSR count). The van der Waals surface area contributed by atoms with E-state index in [-0.39, 0.29) is 30.5 Å². The van der Waals surface area contributed by atoms with Crippen LogP contribution in [0.5, 0.6) is 0 Å². The zero-order chi connectivity index (χ0) is 12.9. The number of carbonyl (C=O) groups is 2. The molecule has 0 spiro atoms. The molecule has 1 aliphatic heterocycles. The highest BCUT2D eigenvalue weighted by molar-refractivity contribution is 7.91. The Bertz CT molecular complexity index is 392. The van der Waals surface area contributed by atoms with Gasteiger partial charge >= 0.3 is 12.0 Å². The number of rotatable bonds is 5. The van der Waals surface area contributed by atoms with Gasteiger partial charge in [-0.25, -0.2) is 13.2 Å². The van der Waals surface area contributed by atoms with Crippen molar-refractivity contribution in [3.05, 3.63) is 0 Å². The number of hydrogen-bond donors (Lipinski definition) is 3. The van der Waals surface area contributed by atoms with Gasteiger partial charge in [-0.2, -0.15) is 0 Å². The molecule has 0 aromatic rings. The molecule has 0 aliphatic carbocycles. The summed E-state index contributed by atoms with van der Waals surface area (Å²) in [5.74, 6) is -0.818. The molecular formula is C9H16N2O5S. The van der Waals surface area contributed by atoms with Gasteiger partial charge in [-0.15, -0.1) is 0 Å². The van der Waals surface area contributed by atoms with Gasteiger partial charge in [0.05, 0.1) is 11.5 Å². The molecule has 0 radical (unpaired) electrons. The van der Waals surface area contributed by atoms with E-state index in [0.717, 1.165) is 0 Å². The van der Waals surface area contributed by atoms with E-state index < -0.39 is 21.8 Å². The van der Waals surface area contributed by atoms with E-state index in [1.807, 2.05) is 0 Å². The van der Waals surface area contributed by atoms with E-state index in [4.69, 9.17) is 5.11 Å². The molecule has 1 aliphatic rings. The molecule has 1 heterocycles. The monoisotopic (exact) mass is 264 g/mol. The highest BCUT2D eigenvalue weighted by atomic mass is 32.2. The van der Waals surface area contributed by atoms with Crippen molar-refractivity contribution in [1.29, 1.82) is 0 Å². The van der Waals surface area contributed by atoms with Crippen LogP contribution in [0.2, 0.25) is 0 Å². The van der Waals surface area contributed by atoms with Crippen LogP contribution in [0.15, 0.2) is 0 Å². The topological polar surface area (TPSA) is 113 Å². The molecule has 1 atom stereocenters. The number of carboxylic acids is 1. The summed E-state index contributed by atoms with van der Waals surface area (Å²) in [7, 11) is -3.00. The Balaban J connectivity index is 2.16. The van der Waals surface area contributed by atoms with Gasteiger partial charge in [0.1, 0.15) is 0 Å². The van der Waals surface area contributed by atoms with Crippen molar-refractivity contribution in [1.82, 2.24) is 10.6 Å². The van der Waals surface area contributed by atoms with Gasteiger partial charge in [-0.05, 0) is 12.8 Å². The molecule has 7 nitrogen and oxygen atoms in total. The molecule has 0 bridgehead atoms. The van der Waals surface area contributed by atoms with E-state index in [2.05, 4.69) is 10.6 Å². The van der Waals surface area contributed by atoms with Gasteiger partial charge in [0.15, 0.2) is 9.84 Å². The lowest BCUT2D eigenvalue weighted by Crippen LogP contribution is -2.43. The van der Waals surface area contributed by atoms with Crippen molar-refractivity contribution in [2.45, 2.75) is 25.3 Å². The second kappa shape index (κ2) is 5.85. The van der Waals surface area contributed by atoms with Gasteiger partial charge < -0.3 is 15.7 Å². The summed E-state index contributed by atoms with van der Waals surface area (Å²) >= 11 is 0. The summed E-state index contributed by atoms with van der Waals surface area (Å²) in [5.41, 5.74) is 0. The van der Waals surface area contributed by atoms with Crippen LogP contribution in [0, 0.1) is 0 Å². The molecule has 2 amide bonds. The first-order valence-corrected chi connectivity index (χ1v) is 7.18. The highest BCUT2D eigenvalue weighted by Gasteiger charge is 2.28. The van der Waals surface area contributed by atoms with E-state index in [0.29, 0.717) is 12.8 Å². The Morgan fingerprint density at radius 2 is 2.06 bits per heavy atom. The minimum atomic E-state index is -3.00. The standard InChI is InChI=1S/C9H16N2O5S/c12-8(13)2-1-4-10-9(14)11-7-3-5-17(15,16)6-7/h7H,1-6H2,(H,12,13)(H2,10,11,14). The first kappa shape index (κ1) is 13.8. The predicted molar refractivity (Wildman–Crippen MR) is 60.5 cm³/mol. The highest BCUT2D eigenvalue weighted by Crippen LogP contribution is 2.10. The molecule has 0 aromatic carbocycles. The number of hydrogen-bond acceptors (Lipinski definition) is 4. The Labute approximate surface area is 99.5 Å². The van der Waals surface area contributed by atoms with Crippen LogP contribution in [0.1, 0.15) is 19.3 Å². The van der Waals surface area contributed by atoms with Crippen molar-refractivity contribution in [3.63, 3.8) is 0 Å². The zero-order valence-corrected chi connectivity index (χ0v) is 10.1. The van der Waals surface area contributed by atoms with E-state index >= 15 is 0 Å². The fraction of sp³-hybridized carbons (Fsp3) is 0.778. The van der Waals surface area contributed by atoms with Crippen molar-refractivity contribution in [2.75, 3.05) is 18.1 Å². The third kappa shape index (κ3) is 5.53. The number of nitrogens with one attached hydrogen (secondary N) is 2. The fourth-order valence-electron chi connectivity index (χ4n) is 1.59. The maximum absolute atomic E-state index is 11.3. The maximum Gasteiger partial charge on any atom is 0.315 e. The van der Waals surface area contributed by atoms with Crippen molar-refractivity contribution >= 4 is 21.8 Å². The van der Waals surface area contributed by atoms with Gasteiger partial charge in [-0.1, -0.05) is 0 Å². The van der Waals surface area contributed by atoms with E-state index in [1.54, 1.807) is 0 Å². The van der Waals surface area contributed by atoms with Crippen molar-refractivity contribution in [2.24, 2.45) is 0 Å². The summed E-state index contributed by atoms with van der Waals surface area (Å²) in [5, 5.41) is 13.4. The van der Waals surface area contributed by atoms with Gasteiger partial charge in [0, 0.05) is 19.0 Å². The maximum atomic E-state index is 11.3. The number of sulfone groups is 1. The van der Waals surface area contributed by atoms with Crippen molar-refractivity contribution in [3.8, 4) is 0 Å². The van der Waals surface area contributed by atoms with E-state index in [1.165, 1.54) is 0 Å². The number of amides is 2. The summed E-state index contributed by atoms with van der Waals surface area (Å²) in [6.45, 7) is 0.262. The number of carboxylic acid groups (broad SMARTS) is 1. The Hall–Kier alpha value is -1.31. The lowest BCUT2D eigenvalue weighted by molar-refractivity contribution is -0.137. The summed E-state index contributed by atoms with van der Waals surface area (Å²) in [4.78, 5) is 21.5. The van der Waals surface area contributed by atoms with Crippen molar-refractivity contribution < 1.29 is 23.1 Å². The van der Waals surface area contributed by atoms with Gasteiger partial charge in [0.25, 0.3) is 0 Å². The van der Waals surface area contributed by atoms with Gasteiger partial charge in [-0.3, -0.25) is 4.79 Å². The van der Waals surface area contributed by atoms with Crippen LogP contribution in [-0.4, -0.2) is 49.6 Å². The number of carbonyl (C=O) groups excluding carboxylic acids is 1. The number of aliphatic carboxylic acids is 1. The molecule has 0 saturated carbocycles. The smallest absolute Gasteiger partial charge is 0.315 e. The average Bonchev–Trinajstić information content (AvgIpc) is 2.52. The van der Waals surface area contributed by atoms with Crippen LogP contribution in [-0.2, 0) is 14.6 Å². The molecular weight excluding hydrogens is 248 g/mol. The van der Waals surface area contributed by atoms with Crippen LogP contribution in [0.4, 0.5) is 4.79 Å². The second-order valence-electron chi connectivity index (χ2n) is 4.00. The van der Waals surface area contributed by atoms with Crippen LogP contribution >= 0.6 is 0 Å². The molecule has 1 saturated heterocycles. The molecule has 98 valence electrons. The summed E-state index contributed by atoms with van der Waals surface area (Å²) in [6, 6.07) is -0.781. The third-order valence-corrected chi connectivity index (χ3v) is 4.19. The summed E-state index contributed by atoms with van der Waals surface area (Å²) in [6.07, 6.45) is 0.786. The third-order valence-electron chi connectivity index (χ3n) is 2.42. The SMILES string of the molecule is O=C(O)CCCNC(=O)NC1CCS(=O)(=O)C1. The number of urea groups is 1. The minimum Gasteiger partial charge on any atom is -0.481 e. The molecule has 0 aromatic heterocycles. The first-order valence-electron chi connectivity index (χ1n) is 5.35. The van der Waals surface area contributed by atoms with Gasteiger partial charge in [0.2, 0.25) is 0 Å². The Morgan fingerprint density at radius 3 is 2.59 bits per heavy atom. The van der Waals surface area contributed by atoms with E-state index in [9.17, 15) is 18.0 Å². The molecule has 17 heavy (non-hydrogen) atoms. The minimum absolute atomic E-state index is 0.00190. The molecule has 8 heteroatoms. The Kier molecular flexibility index (Phi) is 4.73. The molecule has 3 N–H and O–H groups in total. The molecule has 1 unspecified atom stereocenters. The van der Waals surface area contributed by atoms with Crippen LogP contribution < -0.4 is 10.6 Å². The Morgan fingerprint density at radius 1 is 1.35 bits per heavy atom. The average molecular weight is 264 g/mol. The fourth-order valence-corrected chi connectivity index (χ4v) is 3.26. The first-order chi connectivity index (χ1) is 7.89. The lowest BCUT2D eigenvalue weighted by Gasteiger charge is -2.11. The van der Waals surface area contributed by atoms with Crippen LogP contribution in [0.3, 0.4) is 0 Å². The lowest BCUT2D eigenvalue weighted by atomic mass is 10.3. The quantitative estimate of drug-likeness (QED) is 0.570. The summed E-state index contributed by atoms with van der Waals surface area (Å²) < 4.78 is 22.2.